The molecular weight excluding hydrogens is 336 g/mol. The van der Waals surface area contributed by atoms with Crippen LogP contribution in [0.15, 0.2) is 53.5 Å². The maximum Gasteiger partial charge on any atom is 0.257 e. The first-order valence-electron chi connectivity index (χ1n) is 8.26. The number of aryl methyl sites for hydroxylation is 2. The molecule has 1 aliphatic heterocycles. The minimum Gasteiger partial charge on any atom is -0.346 e. The lowest BCUT2D eigenvalue weighted by molar-refractivity contribution is 0.0938. The molecule has 1 amide bonds. The number of carbonyl (C=O) groups excluding carboxylic acids is 1. The third-order valence-corrected chi connectivity index (χ3v) is 5.02. The molecule has 1 N–H and O–H groups in total. The first-order chi connectivity index (χ1) is 12.0. The summed E-state index contributed by atoms with van der Waals surface area (Å²) in [5, 5.41) is 4.17. The van der Waals surface area contributed by atoms with Gasteiger partial charge in [0.15, 0.2) is 0 Å². The van der Waals surface area contributed by atoms with Crippen molar-refractivity contribution >= 4 is 28.4 Å². The molecular formula is C20H17ClN2O2. The van der Waals surface area contributed by atoms with Crippen molar-refractivity contribution in [2.24, 2.45) is 0 Å². The Morgan fingerprint density at radius 2 is 1.96 bits per heavy atom. The van der Waals surface area contributed by atoms with Gasteiger partial charge < -0.3 is 9.88 Å². The predicted octanol–water partition coefficient (Wildman–Crippen LogP) is 3.70. The fourth-order valence-corrected chi connectivity index (χ4v) is 3.55. The van der Waals surface area contributed by atoms with Crippen molar-refractivity contribution in [2.75, 3.05) is 0 Å². The Hall–Kier alpha value is -2.59. The van der Waals surface area contributed by atoms with Gasteiger partial charge in [0.2, 0.25) is 5.43 Å². The van der Waals surface area contributed by atoms with Crippen LogP contribution in [-0.2, 0) is 13.0 Å². The Kier molecular flexibility index (Phi) is 3.85. The molecule has 0 bridgehead atoms. The summed E-state index contributed by atoms with van der Waals surface area (Å²) in [6, 6.07) is 12.8. The normalized spacial score (nSPS) is 13.8. The number of aromatic nitrogens is 1. The summed E-state index contributed by atoms with van der Waals surface area (Å²) in [5.74, 6) is -0.351. The summed E-state index contributed by atoms with van der Waals surface area (Å²) >= 11 is 5.90. The summed E-state index contributed by atoms with van der Waals surface area (Å²) in [6.45, 7) is 2.68. The van der Waals surface area contributed by atoms with Crippen LogP contribution in [-0.4, -0.2) is 10.5 Å². The van der Waals surface area contributed by atoms with Gasteiger partial charge in [0.05, 0.1) is 11.6 Å². The molecule has 4 nitrogen and oxygen atoms in total. The maximum atomic E-state index is 12.8. The quantitative estimate of drug-likeness (QED) is 0.781. The molecule has 2 heterocycles. The van der Waals surface area contributed by atoms with Crippen molar-refractivity contribution in [3.8, 4) is 0 Å². The average Bonchev–Trinajstić information content (AvgIpc) is 3.02. The number of pyridine rings is 1. The van der Waals surface area contributed by atoms with Crippen LogP contribution in [0.4, 0.5) is 0 Å². The van der Waals surface area contributed by atoms with E-state index >= 15 is 0 Å². The van der Waals surface area contributed by atoms with Gasteiger partial charge in [-0.25, -0.2) is 0 Å². The second kappa shape index (κ2) is 6.05. The number of carbonyl (C=O) groups is 1. The minimum atomic E-state index is -0.351. The number of benzene rings is 2. The fraction of sp³-hybridized carbons (Fsp3) is 0.200. The molecule has 1 atom stereocenters. The van der Waals surface area contributed by atoms with E-state index in [4.69, 9.17) is 11.6 Å². The molecule has 0 unspecified atom stereocenters. The van der Waals surface area contributed by atoms with Crippen LogP contribution >= 0.6 is 11.6 Å². The van der Waals surface area contributed by atoms with Crippen LogP contribution in [0.25, 0.3) is 10.9 Å². The molecule has 25 heavy (non-hydrogen) atoms. The summed E-state index contributed by atoms with van der Waals surface area (Å²) in [7, 11) is 0. The Balaban J connectivity index is 1.68. The number of nitrogens with one attached hydrogen (secondary N) is 1. The molecule has 126 valence electrons. The Bertz CT molecular complexity index is 1040. The highest BCUT2D eigenvalue weighted by atomic mass is 35.5. The van der Waals surface area contributed by atoms with Crippen molar-refractivity contribution in [1.82, 2.24) is 9.88 Å². The third kappa shape index (κ3) is 2.72. The van der Waals surface area contributed by atoms with E-state index in [1.165, 1.54) is 0 Å². The molecule has 4 rings (SSSR count). The SMILES string of the molecule is C[C@@H](NC(=O)c1cn2c3c(cccc3c1=O)CC2)c1ccc(Cl)cc1. The van der Waals surface area contributed by atoms with Gasteiger partial charge in [-0.3, -0.25) is 9.59 Å². The van der Waals surface area contributed by atoms with E-state index in [0.717, 1.165) is 29.6 Å². The van der Waals surface area contributed by atoms with Gasteiger partial charge in [-0.05, 0) is 42.7 Å². The fourth-order valence-electron chi connectivity index (χ4n) is 3.43. The molecule has 0 spiro atoms. The lowest BCUT2D eigenvalue weighted by atomic mass is 10.1. The first-order valence-corrected chi connectivity index (χ1v) is 8.64. The number of hydrogen-bond acceptors (Lipinski definition) is 2. The van der Waals surface area contributed by atoms with E-state index in [1.54, 1.807) is 24.4 Å². The zero-order valence-electron chi connectivity index (χ0n) is 13.8. The van der Waals surface area contributed by atoms with Crippen LogP contribution in [0.2, 0.25) is 5.02 Å². The van der Waals surface area contributed by atoms with Gasteiger partial charge in [0, 0.05) is 23.2 Å². The number of amides is 1. The zero-order valence-corrected chi connectivity index (χ0v) is 14.5. The smallest absolute Gasteiger partial charge is 0.257 e. The summed E-state index contributed by atoms with van der Waals surface area (Å²) < 4.78 is 2.01. The highest BCUT2D eigenvalue weighted by Crippen LogP contribution is 2.24. The number of halogens is 1. The highest BCUT2D eigenvalue weighted by molar-refractivity contribution is 6.30. The lowest BCUT2D eigenvalue weighted by Crippen LogP contribution is -2.31. The van der Waals surface area contributed by atoms with Gasteiger partial charge in [-0.2, -0.15) is 0 Å². The zero-order chi connectivity index (χ0) is 17.6. The second-order valence-electron chi connectivity index (χ2n) is 6.38. The van der Waals surface area contributed by atoms with Crippen molar-refractivity contribution in [2.45, 2.75) is 25.9 Å². The number of hydrogen-bond donors (Lipinski definition) is 1. The topological polar surface area (TPSA) is 51.1 Å². The van der Waals surface area contributed by atoms with Crippen molar-refractivity contribution < 1.29 is 4.79 Å². The van der Waals surface area contributed by atoms with Crippen molar-refractivity contribution in [1.29, 1.82) is 0 Å². The highest BCUT2D eigenvalue weighted by Gasteiger charge is 2.21. The van der Waals surface area contributed by atoms with E-state index in [1.807, 2.05) is 35.8 Å². The van der Waals surface area contributed by atoms with Gasteiger partial charge >= 0.3 is 0 Å². The largest absolute Gasteiger partial charge is 0.346 e. The third-order valence-electron chi connectivity index (χ3n) is 4.77. The first kappa shape index (κ1) is 15.9. The van der Waals surface area contributed by atoms with Crippen LogP contribution < -0.4 is 10.7 Å². The van der Waals surface area contributed by atoms with Crippen LogP contribution in [0.5, 0.6) is 0 Å². The molecule has 0 aliphatic carbocycles. The Labute approximate surface area is 150 Å². The van der Waals surface area contributed by atoms with Crippen LogP contribution in [0.1, 0.15) is 34.5 Å². The summed E-state index contributed by atoms with van der Waals surface area (Å²) in [4.78, 5) is 25.5. The minimum absolute atomic E-state index is 0.187. The van der Waals surface area contributed by atoms with Crippen molar-refractivity contribution in [3.63, 3.8) is 0 Å². The number of para-hydroxylation sites is 1. The Morgan fingerprint density at radius 3 is 2.72 bits per heavy atom. The van der Waals surface area contributed by atoms with Crippen LogP contribution in [0, 0.1) is 0 Å². The van der Waals surface area contributed by atoms with E-state index in [9.17, 15) is 9.59 Å². The van der Waals surface area contributed by atoms with E-state index in [-0.39, 0.29) is 22.9 Å². The van der Waals surface area contributed by atoms with Gasteiger partial charge in [0.25, 0.3) is 5.91 Å². The monoisotopic (exact) mass is 352 g/mol. The molecule has 0 saturated carbocycles. The van der Waals surface area contributed by atoms with Gasteiger partial charge in [-0.1, -0.05) is 35.9 Å². The Morgan fingerprint density at radius 1 is 1.20 bits per heavy atom. The van der Waals surface area contributed by atoms with Gasteiger partial charge in [0.1, 0.15) is 5.56 Å². The molecule has 0 radical (unpaired) electrons. The van der Waals surface area contributed by atoms with E-state index in [2.05, 4.69) is 5.32 Å². The second-order valence-corrected chi connectivity index (χ2v) is 6.81. The average molecular weight is 353 g/mol. The molecule has 1 aliphatic rings. The molecule has 0 saturated heterocycles. The lowest BCUT2D eigenvalue weighted by Gasteiger charge is -2.15. The molecule has 5 heteroatoms. The summed E-state index contributed by atoms with van der Waals surface area (Å²) in [5.41, 5.74) is 3.03. The van der Waals surface area contributed by atoms with Gasteiger partial charge in [-0.15, -0.1) is 0 Å². The standard InChI is InChI=1S/C20H17ClN2O2/c1-12(13-5-7-15(21)8-6-13)22-20(25)17-11-23-10-9-14-3-2-4-16(18(14)23)19(17)24/h2-8,11-12H,9-10H2,1H3,(H,22,25)/t12-/m1/s1. The van der Waals surface area contributed by atoms with E-state index < -0.39 is 0 Å². The summed E-state index contributed by atoms with van der Waals surface area (Å²) in [6.07, 6.45) is 2.58. The molecule has 0 fully saturated rings. The maximum absolute atomic E-state index is 12.8. The number of nitrogens with zero attached hydrogens (tertiary/aromatic N) is 1. The molecule has 3 aromatic rings. The van der Waals surface area contributed by atoms with E-state index in [0.29, 0.717) is 10.4 Å². The van der Waals surface area contributed by atoms with Crippen molar-refractivity contribution in [3.05, 3.63) is 80.6 Å². The van der Waals surface area contributed by atoms with Crippen LogP contribution in [0.3, 0.4) is 0 Å². The molecule has 1 aromatic heterocycles. The number of rotatable bonds is 3. The molecule has 2 aromatic carbocycles. The predicted molar refractivity (Wildman–Crippen MR) is 99.2 cm³/mol.